The standard InChI is InChI=1S/C22H22N2O3S/c1-3-27-22(26)19-17-10-6-7-11-18(17)28-21(19)24-20(25)16(13-23)12-15-9-5-4-8-14(15)2/h4-5,8-9,12H,3,6-7,10-11H2,1-2H3,(H,24,25)/b16-12+. The summed E-state index contributed by atoms with van der Waals surface area (Å²) in [4.78, 5) is 26.4. The number of hydrogen-bond donors (Lipinski definition) is 1. The fourth-order valence-corrected chi connectivity index (χ4v) is 4.57. The fourth-order valence-electron chi connectivity index (χ4n) is 3.30. The number of hydrogen-bond acceptors (Lipinski definition) is 5. The van der Waals surface area contributed by atoms with Crippen molar-refractivity contribution in [1.82, 2.24) is 0 Å². The molecule has 2 aromatic rings. The average molecular weight is 394 g/mol. The highest BCUT2D eigenvalue weighted by Gasteiger charge is 2.27. The molecule has 0 fully saturated rings. The van der Waals surface area contributed by atoms with Gasteiger partial charge in [0.1, 0.15) is 16.6 Å². The monoisotopic (exact) mass is 394 g/mol. The topological polar surface area (TPSA) is 79.2 Å². The van der Waals surface area contributed by atoms with Gasteiger partial charge in [0.25, 0.3) is 5.91 Å². The molecule has 0 atom stereocenters. The lowest BCUT2D eigenvalue weighted by Crippen LogP contribution is -2.16. The van der Waals surface area contributed by atoms with E-state index >= 15 is 0 Å². The van der Waals surface area contributed by atoms with E-state index in [2.05, 4.69) is 5.32 Å². The van der Waals surface area contributed by atoms with Crippen LogP contribution in [0, 0.1) is 18.3 Å². The van der Waals surface area contributed by atoms with Crippen LogP contribution in [0.15, 0.2) is 29.8 Å². The molecule has 0 saturated carbocycles. The number of rotatable bonds is 5. The number of aryl methyl sites for hydroxylation is 2. The van der Waals surface area contributed by atoms with Crippen LogP contribution in [0.3, 0.4) is 0 Å². The normalized spacial score (nSPS) is 13.4. The third-order valence-electron chi connectivity index (χ3n) is 4.73. The minimum absolute atomic E-state index is 0.00418. The van der Waals surface area contributed by atoms with Crippen LogP contribution in [-0.2, 0) is 22.4 Å². The van der Waals surface area contributed by atoms with E-state index in [0.717, 1.165) is 47.3 Å². The number of carbonyl (C=O) groups excluding carboxylic acids is 2. The summed E-state index contributed by atoms with van der Waals surface area (Å²) >= 11 is 1.41. The molecule has 1 heterocycles. The van der Waals surface area contributed by atoms with Gasteiger partial charge >= 0.3 is 5.97 Å². The molecule has 0 unspecified atom stereocenters. The van der Waals surface area contributed by atoms with Crippen molar-refractivity contribution in [3.8, 4) is 6.07 Å². The first-order valence-electron chi connectivity index (χ1n) is 9.35. The Hall–Kier alpha value is -2.91. The lowest BCUT2D eigenvalue weighted by atomic mass is 9.95. The lowest BCUT2D eigenvalue weighted by Gasteiger charge is -2.12. The molecule has 0 aliphatic heterocycles. The molecule has 1 amide bonds. The first-order chi connectivity index (χ1) is 13.5. The molecule has 144 valence electrons. The summed E-state index contributed by atoms with van der Waals surface area (Å²) in [7, 11) is 0. The molecule has 0 bridgehead atoms. The Morgan fingerprint density at radius 2 is 2.04 bits per heavy atom. The predicted octanol–water partition coefficient (Wildman–Crippen LogP) is 4.66. The maximum atomic E-state index is 12.8. The SMILES string of the molecule is CCOC(=O)c1c(NC(=O)/C(C#N)=C/c2ccccc2C)sc2c1CCCC2. The lowest BCUT2D eigenvalue weighted by molar-refractivity contribution is -0.112. The molecule has 28 heavy (non-hydrogen) atoms. The van der Waals surface area contributed by atoms with Gasteiger partial charge in [0, 0.05) is 4.88 Å². The van der Waals surface area contributed by atoms with Crippen LogP contribution in [0.4, 0.5) is 5.00 Å². The maximum Gasteiger partial charge on any atom is 0.341 e. The van der Waals surface area contributed by atoms with Gasteiger partial charge in [-0.25, -0.2) is 4.79 Å². The van der Waals surface area contributed by atoms with Gasteiger partial charge in [0.2, 0.25) is 0 Å². The summed E-state index contributed by atoms with van der Waals surface area (Å²) < 4.78 is 5.21. The number of esters is 1. The summed E-state index contributed by atoms with van der Waals surface area (Å²) in [6.07, 6.45) is 5.36. The zero-order chi connectivity index (χ0) is 20.1. The van der Waals surface area contributed by atoms with Gasteiger partial charge in [-0.3, -0.25) is 4.79 Å². The number of nitrogens with zero attached hydrogens (tertiary/aromatic N) is 1. The van der Waals surface area contributed by atoms with Crippen LogP contribution >= 0.6 is 11.3 Å². The molecule has 0 radical (unpaired) electrons. The molecule has 1 aromatic carbocycles. The summed E-state index contributed by atoms with van der Waals surface area (Å²) in [6, 6.07) is 9.51. The number of thiophene rings is 1. The molecule has 1 aliphatic carbocycles. The van der Waals surface area contributed by atoms with Gasteiger partial charge in [0.15, 0.2) is 0 Å². The number of anilines is 1. The van der Waals surface area contributed by atoms with Crippen LogP contribution in [0.25, 0.3) is 6.08 Å². The molecule has 3 rings (SSSR count). The number of amides is 1. The number of carbonyl (C=O) groups is 2. The van der Waals surface area contributed by atoms with Crippen molar-refractivity contribution in [1.29, 1.82) is 5.26 Å². The average Bonchev–Trinajstić information content (AvgIpc) is 3.05. The Bertz CT molecular complexity index is 982. The Kier molecular flexibility index (Phi) is 6.27. The van der Waals surface area contributed by atoms with Crippen LogP contribution in [-0.4, -0.2) is 18.5 Å². The van der Waals surface area contributed by atoms with Crippen LogP contribution in [0.5, 0.6) is 0 Å². The van der Waals surface area contributed by atoms with E-state index in [4.69, 9.17) is 4.74 Å². The molecule has 1 aromatic heterocycles. The maximum absolute atomic E-state index is 12.8. The van der Waals surface area contributed by atoms with E-state index in [-0.39, 0.29) is 12.2 Å². The quantitative estimate of drug-likeness (QED) is 0.454. The second-order valence-corrected chi connectivity index (χ2v) is 7.72. The smallest absolute Gasteiger partial charge is 0.341 e. The fraction of sp³-hybridized carbons (Fsp3) is 0.318. The van der Waals surface area contributed by atoms with Crippen molar-refractivity contribution in [2.24, 2.45) is 0 Å². The summed E-state index contributed by atoms with van der Waals surface area (Å²) in [6.45, 7) is 3.95. The minimum atomic E-state index is -0.519. The largest absolute Gasteiger partial charge is 0.462 e. The van der Waals surface area contributed by atoms with E-state index in [9.17, 15) is 14.9 Å². The van der Waals surface area contributed by atoms with Crippen LogP contribution in [0.2, 0.25) is 0 Å². The number of nitriles is 1. The highest BCUT2D eigenvalue weighted by molar-refractivity contribution is 7.17. The van der Waals surface area contributed by atoms with Gasteiger partial charge in [-0.15, -0.1) is 11.3 Å². The van der Waals surface area contributed by atoms with E-state index in [1.54, 1.807) is 13.0 Å². The van der Waals surface area contributed by atoms with Gasteiger partial charge in [0.05, 0.1) is 12.2 Å². The zero-order valence-corrected chi connectivity index (χ0v) is 16.8. The first-order valence-corrected chi connectivity index (χ1v) is 10.2. The summed E-state index contributed by atoms with van der Waals surface area (Å²) in [5.41, 5.74) is 3.21. The van der Waals surface area contributed by atoms with E-state index in [0.29, 0.717) is 10.6 Å². The van der Waals surface area contributed by atoms with Crippen molar-refractivity contribution >= 4 is 34.3 Å². The summed E-state index contributed by atoms with van der Waals surface area (Å²) in [5, 5.41) is 12.7. The van der Waals surface area contributed by atoms with Gasteiger partial charge in [-0.2, -0.15) is 5.26 Å². The first kappa shape index (κ1) is 19.8. The van der Waals surface area contributed by atoms with Gasteiger partial charge in [-0.05, 0) is 62.3 Å². The van der Waals surface area contributed by atoms with Crippen LogP contribution in [0.1, 0.15) is 51.7 Å². The summed E-state index contributed by atoms with van der Waals surface area (Å²) in [5.74, 6) is -0.937. The Morgan fingerprint density at radius 1 is 1.29 bits per heavy atom. The highest BCUT2D eigenvalue weighted by Crippen LogP contribution is 2.38. The number of fused-ring (bicyclic) bond motifs is 1. The van der Waals surface area contributed by atoms with Crippen molar-refractivity contribution in [2.45, 2.75) is 39.5 Å². The van der Waals surface area contributed by atoms with Crippen molar-refractivity contribution < 1.29 is 14.3 Å². The van der Waals surface area contributed by atoms with Crippen molar-refractivity contribution in [3.63, 3.8) is 0 Å². The number of ether oxygens (including phenoxy) is 1. The van der Waals surface area contributed by atoms with Crippen molar-refractivity contribution in [3.05, 3.63) is 57.0 Å². The zero-order valence-electron chi connectivity index (χ0n) is 16.0. The Balaban J connectivity index is 1.93. The van der Waals surface area contributed by atoms with Crippen molar-refractivity contribution in [2.75, 3.05) is 11.9 Å². The van der Waals surface area contributed by atoms with E-state index in [1.165, 1.54) is 11.3 Å². The Morgan fingerprint density at radius 3 is 2.75 bits per heavy atom. The minimum Gasteiger partial charge on any atom is -0.462 e. The van der Waals surface area contributed by atoms with E-state index < -0.39 is 11.9 Å². The Labute approximate surface area is 168 Å². The molecule has 1 aliphatic rings. The van der Waals surface area contributed by atoms with Gasteiger partial charge < -0.3 is 10.1 Å². The second-order valence-electron chi connectivity index (χ2n) is 6.62. The molecule has 6 heteroatoms. The van der Waals surface area contributed by atoms with Gasteiger partial charge in [-0.1, -0.05) is 24.3 Å². The number of benzene rings is 1. The van der Waals surface area contributed by atoms with E-state index in [1.807, 2.05) is 37.3 Å². The third-order valence-corrected chi connectivity index (χ3v) is 5.94. The molecule has 0 saturated heterocycles. The molecule has 5 nitrogen and oxygen atoms in total. The second kappa shape index (κ2) is 8.85. The molecule has 0 spiro atoms. The predicted molar refractivity (Wildman–Crippen MR) is 110 cm³/mol. The van der Waals surface area contributed by atoms with Crippen LogP contribution < -0.4 is 5.32 Å². The third kappa shape index (κ3) is 4.15. The molecular formula is C22H22N2O3S. The highest BCUT2D eigenvalue weighted by atomic mass is 32.1. The molecular weight excluding hydrogens is 372 g/mol. The molecule has 1 N–H and O–H groups in total. The number of nitrogens with one attached hydrogen (secondary N) is 1.